The van der Waals surface area contributed by atoms with Crippen molar-refractivity contribution in [3.8, 4) is 10.6 Å². The summed E-state index contributed by atoms with van der Waals surface area (Å²) in [4.78, 5) is 17.0. The van der Waals surface area contributed by atoms with E-state index in [9.17, 15) is 4.79 Å². The quantitative estimate of drug-likeness (QED) is 0.498. The Morgan fingerprint density at radius 1 is 1.28 bits per heavy atom. The summed E-state index contributed by atoms with van der Waals surface area (Å²) >= 11 is 2.84. The molecule has 0 aliphatic carbocycles. The number of aryl methyl sites for hydroxylation is 1. The highest BCUT2D eigenvalue weighted by Crippen LogP contribution is 2.38. The van der Waals surface area contributed by atoms with Crippen LogP contribution in [0.4, 0.5) is 14.9 Å². The maximum Gasteiger partial charge on any atom is 0.412 e. The van der Waals surface area contributed by atoms with Gasteiger partial charge in [-0.05, 0) is 23.9 Å². The fraction of sp³-hybridized carbons (Fsp3) is 0.118. The number of thiophene rings is 1. The lowest BCUT2D eigenvalue weighted by atomic mass is 10.2. The molecule has 128 valence electrons. The van der Waals surface area contributed by atoms with Crippen molar-refractivity contribution in [1.82, 2.24) is 4.98 Å². The molecule has 0 unspecified atom stereocenters. The molecule has 0 aliphatic rings. The van der Waals surface area contributed by atoms with Crippen LogP contribution in [0, 0.1) is 6.92 Å². The highest BCUT2D eigenvalue weighted by atomic mass is 32.1. The maximum absolute atomic E-state index is 11.5. The number of nitrogens with one attached hydrogen (secondary N) is 2. The van der Waals surface area contributed by atoms with Crippen LogP contribution in [0.1, 0.15) is 11.1 Å². The summed E-state index contributed by atoms with van der Waals surface area (Å²) in [6.45, 7) is 2.04. The molecule has 3 aromatic rings. The molecule has 0 spiro atoms. The number of ether oxygens (including phenoxy) is 1. The predicted molar refractivity (Wildman–Crippen MR) is 104 cm³/mol. The molecule has 0 radical (unpaired) electrons. The average molecular weight is 372 g/mol. The van der Waals surface area contributed by atoms with Crippen LogP contribution < -0.4 is 10.7 Å². The Balaban J connectivity index is 1.78. The predicted octanol–water partition coefficient (Wildman–Crippen LogP) is 4.80. The molecule has 8 heteroatoms. The second-order valence-corrected chi connectivity index (χ2v) is 7.02. The number of benzene rings is 1. The summed E-state index contributed by atoms with van der Waals surface area (Å²) in [5.74, 6) is 0. The van der Waals surface area contributed by atoms with Crippen LogP contribution in [-0.4, -0.2) is 24.4 Å². The average Bonchev–Trinajstić information content (AvgIpc) is 3.26. The third-order valence-electron chi connectivity index (χ3n) is 3.23. The van der Waals surface area contributed by atoms with Gasteiger partial charge in [-0.2, -0.15) is 5.10 Å². The van der Waals surface area contributed by atoms with Crippen molar-refractivity contribution < 1.29 is 9.53 Å². The molecule has 25 heavy (non-hydrogen) atoms. The number of hydrazone groups is 1. The van der Waals surface area contributed by atoms with Crippen molar-refractivity contribution in [2.45, 2.75) is 6.92 Å². The van der Waals surface area contributed by atoms with Gasteiger partial charge in [0.1, 0.15) is 10.7 Å². The molecular formula is C17H16N4O2S2. The molecule has 3 rings (SSSR count). The third kappa shape index (κ3) is 4.43. The number of methoxy groups -OCH3 is 1. The van der Waals surface area contributed by atoms with E-state index >= 15 is 0 Å². The zero-order valence-electron chi connectivity index (χ0n) is 13.6. The van der Waals surface area contributed by atoms with Gasteiger partial charge in [-0.15, -0.1) is 11.3 Å². The van der Waals surface area contributed by atoms with E-state index in [2.05, 4.69) is 25.6 Å². The monoisotopic (exact) mass is 372 g/mol. The van der Waals surface area contributed by atoms with Crippen molar-refractivity contribution in [3.63, 3.8) is 0 Å². The first-order valence-corrected chi connectivity index (χ1v) is 9.11. The van der Waals surface area contributed by atoms with Gasteiger partial charge in [0.05, 0.1) is 18.2 Å². The summed E-state index contributed by atoms with van der Waals surface area (Å²) in [7, 11) is 1.33. The summed E-state index contributed by atoms with van der Waals surface area (Å²) in [6.07, 6.45) is 1.19. The van der Waals surface area contributed by atoms with Crippen molar-refractivity contribution >= 4 is 45.1 Å². The number of aromatic nitrogens is 1. The number of rotatable bonds is 5. The molecular weight excluding hydrogens is 356 g/mol. The smallest absolute Gasteiger partial charge is 0.412 e. The molecule has 2 heterocycles. The van der Waals surface area contributed by atoms with Crippen LogP contribution in [0.25, 0.3) is 10.6 Å². The Bertz CT molecular complexity index is 871. The zero-order chi connectivity index (χ0) is 17.6. The fourth-order valence-electron chi connectivity index (χ4n) is 1.99. The van der Waals surface area contributed by atoms with Crippen LogP contribution in [-0.2, 0) is 4.74 Å². The van der Waals surface area contributed by atoms with E-state index in [1.165, 1.54) is 24.0 Å². The third-order valence-corrected chi connectivity index (χ3v) is 4.99. The van der Waals surface area contributed by atoms with Crippen molar-refractivity contribution in [3.05, 3.63) is 52.9 Å². The normalized spacial score (nSPS) is 10.8. The van der Waals surface area contributed by atoms with Gasteiger partial charge in [-0.3, -0.25) is 10.7 Å². The molecule has 1 aromatic carbocycles. The Labute approximate surface area is 153 Å². The standard InChI is InChI=1S/C17H16N4O2S2/c1-11-5-7-12(8-6-11)10-18-21-16-19-14(13-4-3-9-24-13)15(25-16)20-17(22)23-2/h3-10H,1-2H3,(H,19,21)(H,20,22)/b18-10-. The second kappa shape index (κ2) is 7.91. The summed E-state index contributed by atoms with van der Waals surface area (Å²) in [6, 6.07) is 11.9. The minimum Gasteiger partial charge on any atom is -0.453 e. The number of amides is 1. The molecule has 2 aromatic heterocycles. The first-order chi connectivity index (χ1) is 12.2. The van der Waals surface area contributed by atoms with E-state index in [0.29, 0.717) is 15.8 Å². The minimum atomic E-state index is -0.531. The molecule has 2 N–H and O–H groups in total. The Hall–Kier alpha value is -2.71. The highest BCUT2D eigenvalue weighted by Gasteiger charge is 2.16. The molecule has 0 atom stereocenters. The van der Waals surface area contributed by atoms with E-state index in [4.69, 9.17) is 0 Å². The number of hydrogen-bond acceptors (Lipinski definition) is 7. The van der Waals surface area contributed by atoms with Crippen LogP contribution in [0.5, 0.6) is 0 Å². The van der Waals surface area contributed by atoms with Crippen LogP contribution in [0.2, 0.25) is 0 Å². The van der Waals surface area contributed by atoms with E-state index in [1.807, 2.05) is 48.7 Å². The largest absolute Gasteiger partial charge is 0.453 e. The lowest BCUT2D eigenvalue weighted by molar-refractivity contribution is 0.187. The zero-order valence-corrected chi connectivity index (χ0v) is 15.3. The summed E-state index contributed by atoms with van der Waals surface area (Å²) in [5, 5.41) is 10.1. The van der Waals surface area contributed by atoms with Crippen molar-refractivity contribution in [1.29, 1.82) is 0 Å². The van der Waals surface area contributed by atoms with Gasteiger partial charge in [0, 0.05) is 0 Å². The Morgan fingerprint density at radius 3 is 2.76 bits per heavy atom. The minimum absolute atomic E-state index is 0.531. The SMILES string of the molecule is COC(=O)Nc1sc(N/N=C\c2ccc(C)cc2)nc1-c1cccs1. The lowest BCUT2D eigenvalue weighted by Crippen LogP contribution is -2.10. The summed E-state index contributed by atoms with van der Waals surface area (Å²) < 4.78 is 4.67. The maximum atomic E-state index is 11.5. The summed E-state index contributed by atoms with van der Waals surface area (Å²) in [5.41, 5.74) is 5.79. The van der Waals surface area contributed by atoms with Crippen molar-refractivity contribution in [2.75, 3.05) is 17.9 Å². The fourth-order valence-corrected chi connectivity index (χ4v) is 3.59. The van der Waals surface area contributed by atoms with Crippen molar-refractivity contribution in [2.24, 2.45) is 5.10 Å². The number of anilines is 2. The first kappa shape index (κ1) is 17.1. The van der Waals surface area contributed by atoms with Gasteiger partial charge in [0.2, 0.25) is 5.13 Å². The lowest BCUT2D eigenvalue weighted by Gasteiger charge is -2.01. The van der Waals surface area contributed by atoms with Gasteiger partial charge in [0.15, 0.2) is 0 Å². The second-order valence-electron chi connectivity index (χ2n) is 5.07. The Kier molecular flexibility index (Phi) is 5.42. The number of thiazole rings is 1. The molecule has 0 bridgehead atoms. The van der Waals surface area contributed by atoms with E-state index in [-0.39, 0.29) is 0 Å². The van der Waals surface area contributed by atoms with Crippen LogP contribution in [0.3, 0.4) is 0 Å². The van der Waals surface area contributed by atoms with Gasteiger partial charge in [-0.25, -0.2) is 9.78 Å². The molecule has 1 amide bonds. The van der Waals surface area contributed by atoms with Crippen LogP contribution in [0.15, 0.2) is 46.9 Å². The van der Waals surface area contributed by atoms with E-state index in [1.54, 1.807) is 17.6 Å². The molecule has 0 saturated carbocycles. The first-order valence-electron chi connectivity index (χ1n) is 7.41. The van der Waals surface area contributed by atoms with E-state index in [0.717, 1.165) is 10.4 Å². The molecule has 0 saturated heterocycles. The van der Waals surface area contributed by atoms with Gasteiger partial charge < -0.3 is 4.74 Å². The molecule has 0 aliphatic heterocycles. The van der Waals surface area contributed by atoms with E-state index < -0.39 is 6.09 Å². The number of nitrogens with zero attached hydrogens (tertiary/aromatic N) is 2. The Morgan fingerprint density at radius 2 is 2.08 bits per heavy atom. The number of carbonyl (C=O) groups is 1. The topological polar surface area (TPSA) is 75.6 Å². The number of carbonyl (C=O) groups excluding carboxylic acids is 1. The number of hydrogen-bond donors (Lipinski definition) is 2. The highest BCUT2D eigenvalue weighted by molar-refractivity contribution is 7.21. The molecule has 0 fully saturated rings. The van der Waals surface area contributed by atoms with Gasteiger partial charge in [0.25, 0.3) is 0 Å². The van der Waals surface area contributed by atoms with Gasteiger partial charge in [-0.1, -0.05) is 47.2 Å². The molecule has 6 nitrogen and oxygen atoms in total. The van der Waals surface area contributed by atoms with Gasteiger partial charge >= 0.3 is 6.09 Å². The van der Waals surface area contributed by atoms with Crippen LogP contribution >= 0.6 is 22.7 Å².